The second-order valence-electron chi connectivity index (χ2n) is 7.38. The summed E-state index contributed by atoms with van der Waals surface area (Å²) >= 11 is 0. The van der Waals surface area contributed by atoms with Gasteiger partial charge < -0.3 is 10.2 Å². The van der Waals surface area contributed by atoms with Crippen LogP contribution in [0.3, 0.4) is 0 Å². The molecule has 106 valence electrons. The number of nitrogens with one attached hydrogen (secondary N) is 1. The van der Waals surface area contributed by atoms with E-state index in [1.54, 1.807) is 0 Å². The van der Waals surface area contributed by atoms with Gasteiger partial charge in [0.2, 0.25) is 0 Å². The lowest BCUT2D eigenvalue weighted by atomic mass is 9.91. The van der Waals surface area contributed by atoms with Crippen LogP contribution in [0.1, 0.15) is 65.2 Å². The van der Waals surface area contributed by atoms with E-state index in [2.05, 4.69) is 31.1 Å². The number of hydrogen-bond acceptors (Lipinski definition) is 2. The molecule has 2 aliphatic rings. The maximum Gasteiger partial charge on any atom is 0.00924 e. The minimum atomic E-state index is 0.406. The number of nitrogens with zero attached hydrogens (tertiary/aromatic N) is 1. The standard InChI is InChI=1S/C16H32N2/c1-16(2,12-17-14-10-11-14)13-18(3)15-8-6-4-5-7-9-15/h14-15,17H,4-13H2,1-3H3. The molecule has 2 aliphatic carbocycles. The molecule has 2 heteroatoms. The highest BCUT2D eigenvalue weighted by Crippen LogP contribution is 2.26. The molecule has 0 atom stereocenters. The smallest absolute Gasteiger partial charge is 0.00924 e. The third kappa shape index (κ3) is 4.89. The molecule has 0 aliphatic heterocycles. The Labute approximate surface area is 114 Å². The Kier molecular flexibility index (Phi) is 5.08. The van der Waals surface area contributed by atoms with Crippen molar-refractivity contribution in [3.8, 4) is 0 Å². The predicted octanol–water partition coefficient (Wildman–Crippen LogP) is 3.42. The molecule has 0 unspecified atom stereocenters. The molecular weight excluding hydrogens is 220 g/mol. The molecule has 2 fully saturated rings. The topological polar surface area (TPSA) is 15.3 Å². The normalized spacial score (nSPS) is 23.3. The molecule has 1 N–H and O–H groups in total. The number of rotatable bonds is 6. The van der Waals surface area contributed by atoms with Gasteiger partial charge in [-0.15, -0.1) is 0 Å². The van der Waals surface area contributed by atoms with Crippen molar-refractivity contribution in [1.82, 2.24) is 10.2 Å². The first-order valence-electron chi connectivity index (χ1n) is 8.00. The van der Waals surface area contributed by atoms with Gasteiger partial charge in [0.1, 0.15) is 0 Å². The largest absolute Gasteiger partial charge is 0.313 e. The summed E-state index contributed by atoms with van der Waals surface area (Å²) in [5, 5.41) is 3.69. The summed E-state index contributed by atoms with van der Waals surface area (Å²) in [6, 6.07) is 1.68. The van der Waals surface area contributed by atoms with E-state index >= 15 is 0 Å². The molecule has 2 saturated carbocycles. The molecule has 2 rings (SSSR count). The van der Waals surface area contributed by atoms with E-state index in [-0.39, 0.29) is 0 Å². The van der Waals surface area contributed by atoms with Crippen molar-refractivity contribution < 1.29 is 0 Å². The minimum Gasteiger partial charge on any atom is -0.313 e. The second kappa shape index (κ2) is 6.38. The fourth-order valence-electron chi connectivity index (χ4n) is 3.27. The van der Waals surface area contributed by atoms with Crippen molar-refractivity contribution >= 4 is 0 Å². The van der Waals surface area contributed by atoms with E-state index in [1.165, 1.54) is 64.5 Å². The zero-order valence-corrected chi connectivity index (χ0v) is 12.7. The van der Waals surface area contributed by atoms with Crippen LogP contribution < -0.4 is 5.32 Å². The first-order chi connectivity index (χ1) is 8.57. The molecule has 0 aromatic carbocycles. The summed E-state index contributed by atoms with van der Waals surface area (Å²) in [6.45, 7) is 7.23. The van der Waals surface area contributed by atoms with E-state index in [0.717, 1.165) is 12.1 Å². The average molecular weight is 252 g/mol. The Morgan fingerprint density at radius 1 is 1.00 bits per heavy atom. The van der Waals surface area contributed by atoms with Gasteiger partial charge in [-0.1, -0.05) is 39.5 Å². The van der Waals surface area contributed by atoms with E-state index in [9.17, 15) is 0 Å². The second-order valence-corrected chi connectivity index (χ2v) is 7.38. The zero-order valence-electron chi connectivity index (χ0n) is 12.7. The predicted molar refractivity (Wildman–Crippen MR) is 78.9 cm³/mol. The fourth-order valence-corrected chi connectivity index (χ4v) is 3.27. The van der Waals surface area contributed by atoms with Gasteiger partial charge in [-0.25, -0.2) is 0 Å². The van der Waals surface area contributed by atoms with Gasteiger partial charge in [-0.2, -0.15) is 0 Å². The minimum absolute atomic E-state index is 0.406. The quantitative estimate of drug-likeness (QED) is 0.729. The third-order valence-corrected chi connectivity index (χ3v) is 4.57. The van der Waals surface area contributed by atoms with Gasteiger partial charge in [-0.3, -0.25) is 0 Å². The SMILES string of the molecule is CN(CC(C)(C)CNC1CC1)C1CCCCCC1. The van der Waals surface area contributed by atoms with Gasteiger partial charge in [0.15, 0.2) is 0 Å². The van der Waals surface area contributed by atoms with Crippen LogP contribution in [0.2, 0.25) is 0 Å². The van der Waals surface area contributed by atoms with Crippen molar-refractivity contribution in [2.45, 2.75) is 77.3 Å². The molecule has 0 amide bonds. The Morgan fingerprint density at radius 2 is 1.61 bits per heavy atom. The third-order valence-electron chi connectivity index (χ3n) is 4.57. The summed E-state index contributed by atoms with van der Waals surface area (Å²) in [5.74, 6) is 0. The van der Waals surface area contributed by atoms with Crippen molar-refractivity contribution in [1.29, 1.82) is 0 Å². The lowest BCUT2D eigenvalue weighted by Crippen LogP contribution is -2.43. The van der Waals surface area contributed by atoms with Crippen LogP contribution in [-0.2, 0) is 0 Å². The van der Waals surface area contributed by atoms with Crippen LogP contribution in [0.15, 0.2) is 0 Å². The summed E-state index contributed by atoms with van der Waals surface area (Å²) in [5.41, 5.74) is 0.406. The van der Waals surface area contributed by atoms with Gasteiger partial charge in [0.05, 0.1) is 0 Å². The van der Waals surface area contributed by atoms with Crippen molar-refractivity contribution in [3.05, 3.63) is 0 Å². The van der Waals surface area contributed by atoms with Crippen LogP contribution in [0.4, 0.5) is 0 Å². The molecule has 2 nitrogen and oxygen atoms in total. The van der Waals surface area contributed by atoms with Crippen molar-refractivity contribution in [3.63, 3.8) is 0 Å². The van der Waals surface area contributed by atoms with Crippen molar-refractivity contribution in [2.24, 2.45) is 5.41 Å². The molecule has 0 aromatic heterocycles. The first kappa shape index (κ1) is 14.3. The highest BCUT2D eigenvalue weighted by atomic mass is 15.1. The highest BCUT2D eigenvalue weighted by molar-refractivity contribution is 4.86. The number of hydrogen-bond donors (Lipinski definition) is 1. The Bertz CT molecular complexity index is 237. The molecule has 18 heavy (non-hydrogen) atoms. The maximum absolute atomic E-state index is 3.69. The van der Waals surface area contributed by atoms with Gasteiger partial charge in [-0.05, 0) is 38.1 Å². The lowest BCUT2D eigenvalue weighted by molar-refractivity contribution is 0.146. The molecular formula is C16H32N2. The molecule has 0 spiro atoms. The highest BCUT2D eigenvalue weighted by Gasteiger charge is 2.28. The lowest BCUT2D eigenvalue weighted by Gasteiger charge is -2.35. The molecule has 0 bridgehead atoms. The molecule has 0 aromatic rings. The van der Waals surface area contributed by atoms with Crippen molar-refractivity contribution in [2.75, 3.05) is 20.1 Å². The van der Waals surface area contributed by atoms with Gasteiger partial charge >= 0.3 is 0 Å². The van der Waals surface area contributed by atoms with Crippen LogP contribution >= 0.6 is 0 Å². The van der Waals surface area contributed by atoms with Gasteiger partial charge in [0, 0.05) is 25.2 Å². The zero-order chi connectivity index (χ0) is 13.0. The van der Waals surface area contributed by atoms with Crippen LogP contribution in [-0.4, -0.2) is 37.1 Å². The molecule has 0 saturated heterocycles. The van der Waals surface area contributed by atoms with E-state index in [4.69, 9.17) is 0 Å². The van der Waals surface area contributed by atoms with Crippen LogP contribution in [0.5, 0.6) is 0 Å². The van der Waals surface area contributed by atoms with E-state index in [1.807, 2.05) is 0 Å². The first-order valence-corrected chi connectivity index (χ1v) is 8.00. The summed E-state index contributed by atoms with van der Waals surface area (Å²) < 4.78 is 0. The Morgan fingerprint density at radius 3 is 2.17 bits per heavy atom. The van der Waals surface area contributed by atoms with Crippen LogP contribution in [0.25, 0.3) is 0 Å². The average Bonchev–Trinajstić information content (AvgIpc) is 3.13. The molecule has 0 radical (unpaired) electrons. The monoisotopic (exact) mass is 252 g/mol. The van der Waals surface area contributed by atoms with E-state index < -0.39 is 0 Å². The summed E-state index contributed by atoms with van der Waals surface area (Å²) in [7, 11) is 2.34. The Balaban J connectivity index is 1.74. The fraction of sp³-hybridized carbons (Fsp3) is 1.00. The maximum atomic E-state index is 3.69. The van der Waals surface area contributed by atoms with E-state index in [0.29, 0.717) is 5.41 Å². The molecule has 0 heterocycles. The summed E-state index contributed by atoms with van der Waals surface area (Å²) in [6.07, 6.45) is 11.4. The summed E-state index contributed by atoms with van der Waals surface area (Å²) in [4.78, 5) is 2.64. The Hall–Kier alpha value is -0.0800. The van der Waals surface area contributed by atoms with Crippen LogP contribution in [0, 0.1) is 5.41 Å². The van der Waals surface area contributed by atoms with Gasteiger partial charge in [0.25, 0.3) is 0 Å².